The summed E-state index contributed by atoms with van der Waals surface area (Å²) in [5.41, 5.74) is 2.25. The van der Waals surface area contributed by atoms with Crippen molar-refractivity contribution in [2.45, 2.75) is 19.5 Å². The first kappa shape index (κ1) is 12.4. The molecule has 0 unspecified atom stereocenters. The highest BCUT2D eigenvalue weighted by Gasteiger charge is 2.18. The molecule has 0 bridgehead atoms. The highest BCUT2D eigenvalue weighted by Crippen LogP contribution is 2.11. The maximum absolute atomic E-state index is 4.66. The second kappa shape index (κ2) is 5.55. The molecule has 1 aromatic carbocycles. The summed E-state index contributed by atoms with van der Waals surface area (Å²) in [4.78, 5) is 2.48. The van der Waals surface area contributed by atoms with Crippen LogP contribution in [0.15, 0.2) is 42.6 Å². The molecule has 1 fully saturated rings. The number of para-hydroxylation sites is 1. The Bertz CT molecular complexity index is 520. The lowest BCUT2D eigenvalue weighted by atomic mass is 10.2. The lowest BCUT2D eigenvalue weighted by Crippen LogP contribution is -2.49. The third-order valence-corrected chi connectivity index (χ3v) is 3.67. The molecule has 4 nitrogen and oxygen atoms in total. The topological polar surface area (TPSA) is 33.1 Å². The lowest BCUT2D eigenvalue weighted by molar-refractivity contribution is 0.163. The molecule has 19 heavy (non-hydrogen) atoms. The van der Waals surface area contributed by atoms with Gasteiger partial charge in [0.2, 0.25) is 0 Å². The molecule has 0 amide bonds. The first-order valence-corrected chi connectivity index (χ1v) is 6.88. The molecule has 1 N–H and O–H groups in total. The molecule has 0 spiro atoms. The van der Waals surface area contributed by atoms with Crippen LogP contribution in [-0.2, 0) is 6.54 Å². The van der Waals surface area contributed by atoms with Gasteiger partial charge < -0.3 is 5.32 Å². The van der Waals surface area contributed by atoms with Crippen LogP contribution in [0.5, 0.6) is 0 Å². The number of piperazine rings is 1. The number of rotatable bonds is 3. The van der Waals surface area contributed by atoms with Gasteiger partial charge in [0, 0.05) is 38.4 Å². The van der Waals surface area contributed by atoms with Gasteiger partial charge in [-0.2, -0.15) is 5.10 Å². The molecule has 100 valence electrons. The van der Waals surface area contributed by atoms with Gasteiger partial charge in [-0.05, 0) is 25.1 Å². The number of benzene rings is 1. The maximum Gasteiger partial charge on any atom is 0.0769 e. The summed E-state index contributed by atoms with van der Waals surface area (Å²) in [5, 5.41) is 8.08. The quantitative estimate of drug-likeness (QED) is 0.907. The van der Waals surface area contributed by atoms with E-state index < -0.39 is 0 Å². The molecular weight excluding hydrogens is 236 g/mol. The zero-order chi connectivity index (χ0) is 13.1. The fourth-order valence-corrected chi connectivity index (χ4v) is 2.50. The summed E-state index contributed by atoms with van der Waals surface area (Å²) in [6.45, 7) is 6.44. The smallest absolute Gasteiger partial charge is 0.0769 e. The van der Waals surface area contributed by atoms with Crippen molar-refractivity contribution in [2.24, 2.45) is 0 Å². The predicted molar refractivity (Wildman–Crippen MR) is 76.3 cm³/mol. The van der Waals surface area contributed by atoms with Crippen molar-refractivity contribution in [2.75, 3.05) is 19.6 Å². The van der Waals surface area contributed by atoms with E-state index >= 15 is 0 Å². The van der Waals surface area contributed by atoms with Crippen molar-refractivity contribution in [1.29, 1.82) is 0 Å². The van der Waals surface area contributed by atoms with Crippen molar-refractivity contribution < 1.29 is 0 Å². The Balaban J connectivity index is 1.71. The second-order valence-electron chi connectivity index (χ2n) is 5.11. The molecular formula is C15H20N4. The fourth-order valence-electron chi connectivity index (χ4n) is 2.50. The van der Waals surface area contributed by atoms with Gasteiger partial charge in [-0.25, -0.2) is 4.68 Å². The van der Waals surface area contributed by atoms with Crippen molar-refractivity contribution in [3.05, 3.63) is 48.3 Å². The number of nitrogens with zero attached hydrogens (tertiary/aromatic N) is 3. The van der Waals surface area contributed by atoms with Gasteiger partial charge in [-0.3, -0.25) is 4.90 Å². The molecule has 1 atom stereocenters. The molecule has 0 aliphatic carbocycles. The minimum Gasteiger partial charge on any atom is -0.314 e. The first-order valence-electron chi connectivity index (χ1n) is 6.88. The average molecular weight is 256 g/mol. The SMILES string of the molecule is C[C@@H]1CNCCN1Cc1ccn(-c2ccccc2)n1. The minimum atomic E-state index is 0.579. The Hall–Kier alpha value is -1.65. The van der Waals surface area contributed by atoms with E-state index in [0.717, 1.165) is 37.6 Å². The monoisotopic (exact) mass is 256 g/mol. The third-order valence-electron chi connectivity index (χ3n) is 3.67. The van der Waals surface area contributed by atoms with Gasteiger partial charge in [-0.15, -0.1) is 0 Å². The van der Waals surface area contributed by atoms with E-state index in [0.29, 0.717) is 6.04 Å². The van der Waals surface area contributed by atoms with E-state index in [1.807, 2.05) is 29.1 Å². The molecule has 1 aromatic heterocycles. The number of nitrogens with one attached hydrogen (secondary N) is 1. The van der Waals surface area contributed by atoms with Crippen molar-refractivity contribution in [3.8, 4) is 5.69 Å². The van der Waals surface area contributed by atoms with Crippen LogP contribution in [0.25, 0.3) is 5.69 Å². The van der Waals surface area contributed by atoms with Gasteiger partial charge >= 0.3 is 0 Å². The highest BCUT2D eigenvalue weighted by molar-refractivity contribution is 5.30. The molecule has 4 heteroatoms. The largest absolute Gasteiger partial charge is 0.314 e. The van der Waals surface area contributed by atoms with Crippen LogP contribution in [0.1, 0.15) is 12.6 Å². The number of hydrogen-bond acceptors (Lipinski definition) is 3. The van der Waals surface area contributed by atoms with Crippen molar-refractivity contribution in [1.82, 2.24) is 20.0 Å². The van der Waals surface area contributed by atoms with E-state index in [4.69, 9.17) is 0 Å². The van der Waals surface area contributed by atoms with E-state index in [2.05, 4.69) is 40.4 Å². The van der Waals surface area contributed by atoms with Gasteiger partial charge in [0.1, 0.15) is 0 Å². The van der Waals surface area contributed by atoms with Gasteiger partial charge in [0.25, 0.3) is 0 Å². The fraction of sp³-hybridized carbons (Fsp3) is 0.400. The van der Waals surface area contributed by atoms with Crippen LogP contribution < -0.4 is 5.32 Å². The standard InChI is InChI=1S/C15H20N4/c1-13-11-16-8-10-18(13)12-14-7-9-19(17-14)15-5-3-2-4-6-15/h2-7,9,13,16H,8,10-12H2,1H3/t13-/m1/s1. The summed E-state index contributed by atoms with van der Waals surface area (Å²) in [7, 11) is 0. The summed E-state index contributed by atoms with van der Waals surface area (Å²) >= 11 is 0. The third kappa shape index (κ3) is 2.85. The summed E-state index contributed by atoms with van der Waals surface area (Å²) < 4.78 is 1.95. The van der Waals surface area contributed by atoms with Gasteiger partial charge in [0.05, 0.1) is 11.4 Å². The Labute approximate surface area is 114 Å². The maximum atomic E-state index is 4.66. The summed E-state index contributed by atoms with van der Waals surface area (Å²) in [6.07, 6.45) is 2.04. The molecule has 3 rings (SSSR count). The van der Waals surface area contributed by atoms with Crippen LogP contribution in [0, 0.1) is 0 Å². The van der Waals surface area contributed by atoms with E-state index in [-0.39, 0.29) is 0 Å². The normalized spacial score (nSPS) is 20.6. The van der Waals surface area contributed by atoms with Crippen LogP contribution >= 0.6 is 0 Å². The van der Waals surface area contributed by atoms with Crippen LogP contribution in [-0.4, -0.2) is 40.4 Å². The zero-order valence-corrected chi connectivity index (χ0v) is 11.3. The molecule has 1 saturated heterocycles. The molecule has 2 heterocycles. The van der Waals surface area contributed by atoms with E-state index in [9.17, 15) is 0 Å². The summed E-state index contributed by atoms with van der Waals surface area (Å²) in [6, 6.07) is 12.9. The van der Waals surface area contributed by atoms with Crippen LogP contribution in [0.4, 0.5) is 0 Å². The Morgan fingerprint density at radius 3 is 2.89 bits per heavy atom. The van der Waals surface area contributed by atoms with E-state index in [1.165, 1.54) is 0 Å². The van der Waals surface area contributed by atoms with Crippen molar-refractivity contribution >= 4 is 0 Å². The molecule has 2 aromatic rings. The number of hydrogen-bond donors (Lipinski definition) is 1. The molecule has 1 aliphatic rings. The average Bonchev–Trinajstić information content (AvgIpc) is 2.91. The van der Waals surface area contributed by atoms with E-state index in [1.54, 1.807) is 0 Å². The highest BCUT2D eigenvalue weighted by atomic mass is 15.3. The Morgan fingerprint density at radius 2 is 2.11 bits per heavy atom. The molecule has 0 saturated carbocycles. The first-order chi connectivity index (χ1) is 9.33. The number of aromatic nitrogens is 2. The molecule has 0 radical (unpaired) electrons. The Morgan fingerprint density at radius 1 is 1.26 bits per heavy atom. The molecule has 1 aliphatic heterocycles. The second-order valence-corrected chi connectivity index (χ2v) is 5.11. The lowest BCUT2D eigenvalue weighted by Gasteiger charge is -2.33. The summed E-state index contributed by atoms with van der Waals surface area (Å²) in [5.74, 6) is 0. The van der Waals surface area contributed by atoms with Crippen LogP contribution in [0.3, 0.4) is 0 Å². The Kier molecular flexibility index (Phi) is 3.62. The predicted octanol–water partition coefficient (Wildman–Crippen LogP) is 1.67. The minimum absolute atomic E-state index is 0.579. The zero-order valence-electron chi connectivity index (χ0n) is 11.3. The van der Waals surface area contributed by atoms with Crippen LogP contribution in [0.2, 0.25) is 0 Å². The van der Waals surface area contributed by atoms with Gasteiger partial charge in [-0.1, -0.05) is 18.2 Å². The van der Waals surface area contributed by atoms with Crippen molar-refractivity contribution in [3.63, 3.8) is 0 Å². The van der Waals surface area contributed by atoms with Gasteiger partial charge in [0.15, 0.2) is 0 Å².